The summed E-state index contributed by atoms with van der Waals surface area (Å²) in [5, 5.41) is 8.73. The number of nitrogens with zero attached hydrogens (tertiary/aromatic N) is 4. The van der Waals surface area contributed by atoms with E-state index >= 15 is 0 Å². The van der Waals surface area contributed by atoms with E-state index < -0.39 is 0 Å². The van der Waals surface area contributed by atoms with E-state index in [1.54, 1.807) is 35.0 Å². The maximum atomic E-state index is 13.4. The molecule has 0 aliphatic rings. The molecule has 0 saturated carbocycles. The van der Waals surface area contributed by atoms with Crippen molar-refractivity contribution in [3.05, 3.63) is 74.8 Å². The van der Waals surface area contributed by atoms with Crippen molar-refractivity contribution < 1.29 is 4.79 Å². The van der Waals surface area contributed by atoms with Gasteiger partial charge in [0, 0.05) is 12.1 Å². The highest BCUT2D eigenvalue weighted by Crippen LogP contribution is 2.27. The van der Waals surface area contributed by atoms with E-state index in [4.69, 9.17) is 11.6 Å². The molecular weight excluding hydrogens is 446 g/mol. The fourth-order valence-electron chi connectivity index (χ4n) is 3.52. The summed E-state index contributed by atoms with van der Waals surface area (Å²) in [6, 6.07) is 12.6. The fraction of sp³-hybridized carbons (Fsp3) is 0.217. The van der Waals surface area contributed by atoms with E-state index in [2.05, 4.69) is 15.4 Å². The first kappa shape index (κ1) is 22.1. The van der Waals surface area contributed by atoms with Gasteiger partial charge in [0.05, 0.1) is 39.4 Å². The van der Waals surface area contributed by atoms with Gasteiger partial charge in [-0.1, -0.05) is 41.6 Å². The quantitative estimate of drug-likeness (QED) is 0.347. The highest BCUT2D eigenvalue weighted by Gasteiger charge is 2.18. The minimum atomic E-state index is -0.206. The Balaban J connectivity index is 1.72. The highest BCUT2D eigenvalue weighted by atomic mass is 35.5. The van der Waals surface area contributed by atoms with E-state index in [9.17, 15) is 9.59 Å². The van der Waals surface area contributed by atoms with Gasteiger partial charge in [0.2, 0.25) is 5.91 Å². The van der Waals surface area contributed by atoms with E-state index in [0.29, 0.717) is 32.5 Å². The molecule has 9 heteroatoms. The van der Waals surface area contributed by atoms with Crippen LogP contribution in [0.15, 0.2) is 52.4 Å². The maximum Gasteiger partial charge on any atom is 0.266 e. The van der Waals surface area contributed by atoms with Crippen molar-refractivity contribution in [2.45, 2.75) is 25.9 Å². The third-order valence-corrected chi connectivity index (χ3v) is 6.68. The van der Waals surface area contributed by atoms with Gasteiger partial charge in [-0.2, -0.15) is 5.10 Å². The van der Waals surface area contributed by atoms with Crippen LogP contribution in [0.4, 0.5) is 5.69 Å². The van der Waals surface area contributed by atoms with Crippen molar-refractivity contribution in [3.8, 4) is 5.69 Å². The van der Waals surface area contributed by atoms with Gasteiger partial charge in [0.25, 0.3) is 5.56 Å². The standard InChI is InChI=1S/C23H22ClN5O2S/c1-13-17(24)9-7-11-19(13)29-22(31)16-8-5-6-10-18(16)25-23(29)32-12-20(30)26-21-14(2)27-28(4)15(21)3/h5-11H,12H2,1-4H3,(H,26,30). The topological polar surface area (TPSA) is 81.8 Å². The fourth-order valence-corrected chi connectivity index (χ4v) is 4.50. The highest BCUT2D eigenvalue weighted by molar-refractivity contribution is 7.99. The van der Waals surface area contributed by atoms with Gasteiger partial charge in [0.15, 0.2) is 5.16 Å². The van der Waals surface area contributed by atoms with Gasteiger partial charge in [-0.3, -0.25) is 18.8 Å². The molecule has 0 radical (unpaired) electrons. The summed E-state index contributed by atoms with van der Waals surface area (Å²) in [5.41, 5.74) is 4.10. The lowest BCUT2D eigenvalue weighted by atomic mass is 10.2. The van der Waals surface area contributed by atoms with Crippen molar-refractivity contribution in [1.82, 2.24) is 19.3 Å². The Morgan fingerprint density at radius 1 is 1.12 bits per heavy atom. The number of aryl methyl sites for hydroxylation is 2. The van der Waals surface area contributed by atoms with Crippen molar-refractivity contribution in [1.29, 1.82) is 0 Å². The van der Waals surface area contributed by atoms with Crippen LogP contribution in [0.5, 0.6) is 0 Å². The molecule has 1 N–H and O–H groups in total. The third kappa shape index (κ3) is 4.03. The number of thioether (sulfide) groups is 1. The lowest BCUT2D eigenvalue weighted by Crippen LogP contribution is -2.23. The van der Waals surface area contributed by atoms with Gasteiger partial charge < -0.3 is 5.32 Å². The van der Waals surface area contributed by atoms with Crippen LogP contribution in [0, 0.1) is 20.8 Å². The molecule has 4 aromatic rings. The zero-order valence-corrected chi connectivity index (χ0v) is 19.7. The Bertz CT molecular complexity index is 1410. The minimum Gasteiger partial charge on any atom is -0.322 e. The summed E-state index contributed by atoms with van der Waals surface area (Å²) in [6.07, 6.45) is 0. The molecule has 2 heterocycles. The summed E-state index contributed by atoms with van der Waals surface area (Å²) in [4.78, 5) is 30.8. The summed E-state index contributed by atoms with van der Waals surface area (Å²) in [5.74, 6) is -0.121. The van der Waals surface area contributed by atoms with Gasteiger partial charge in [-0.15, -0.1) is 0 Å². The number of benzene rings is 2. The molecule has 4 rings (SSSR count). The number of hydrogen-bond donors (Lipinski definition) is 1. The Morgan fingerprint density at radius 3 is 2.59 bits per heavy atom. The molecule has 2 aromatic carbocycles. The smallest absolute Gasteiger partial charge is 0.266 e. The number of para-hydroxylation sites is 1. The summed E-state index contributed by atoms with van der Waals surface area (Å²) in [7, 11) is 1.83. The normalized spacial score (nSPS) is 11.2. The number of nitrogens with one attached hydrogen (secondary N) is 1. The average Bonchev–Trinajstić information content (AvgIpc) is 3.01. The molecule has 0 fully saturated rings. The predicted molar refractivity (Wildman–Crippen MR) is 129 cm³/mol. The van der Waals surface area contributed by atoms with Crippen molar-refractivity contribution >= 4 is 45.9 Å². The molecule has 0 aliphatic carbocycles. The van der Waals surface area contributed by atoms with Gasteiger partial charge in [-0.25, -0.2) is 4.98 Å². The van der Waals surface area contributed by atoms with E-state index in [1.807, 2.05) is 40.0 Å². The van der Waals surface area contributed by atoms with Crippen LogP contribution >= 0.6 is 23.4 Å². The van der Waals surface area contributed by atoms with Gasteiger partial charge in [-0.05, 0) is 50.6 Å². The Kier molecular flexibility index (Phi) is 6.08. The summed E-state index contributed by atoms with van der Waals surface area (Å²) in [6.45, 7) is 5.60. The molecule has 0 saturated heterocycles. The second kappa shape index (κ2) is 8.80. The molecule has 164 valence electrons. The number of fused-ring (bicyclic) bond motifs is 1. The molecule has 7 nitrogen and oxygen atoms in total. The van der Waals surface area contributed by atoms with E-state index in [0.717, 1.165) is 17.0 Å². The van der Waals surface area contributed by atoms with Crippen LogP contribution in [-0.2, 0) is 11.8 Å². The van der Waals surface area contributed by atoms with E-state index in [-0.39, 0.29) is 17.2 Å². The SMILES string of the molecule is Cc1nn(C)c(C)c1NC(=O)CSc1nc2ccccc2c(=O)n1-c1cccc(Cl)c1C. The number of aromatic nitrogens is 4. The number of hydrogen-bond acceptors (Lipinski definition) is 5. The summed E-state index contributed by atoms with van der Waals surface area (Å²) < 4.78 is 3.25. The van der Waals surface area contributed by atoms with Crippen LogP contribution < -0.4 is 10.9 Å². The maximum absolute atomic E-state index is 13.4. The van der Waals surface area contributed by atoms with Crippen LogP contribution in [0.2, 0.25) is 5.02 Å². The Morgan fingerprint density at radius 2 is 1.88 bits per heavy atom. The van der Waals surface area contributed by atoms with E-state index in [1.165, 1.54) is 16.3 Å². The van der Waals surface area contributed by atoms with Gasteiger partial charge in [0.1, 0.15) is 0 Å². The monoisotopic (exact) mass is 467 g/mol. The molecular formula is C23H22ClN5O2S. The lowest BCUT2D eigenvalue weighted by molar-refractivity contribution is -0.113. The Labute approximate surface area is 194 Å². The molecule has 0 aliphatic heterocycles. The van der Waals surface area contributed by atoms with Crippen molar-refractivity contribution in [2.24, 2.45) is 7.05 Å². The largest absolute Gasteiger partial charge is 0.322 e. The second-order valence-electron chi connectivity index (χ2n) is 7.44. The zero-order valence-electron chi connectivity index (χ0n) is 18.1. The van der Waals surface area contributed by atoms with Crippen LogP contribution in [0.25, 0.3) is 16.6 Å². The zero-order chi connectivity index (χ0) is 23.0. The van der Waals surface area contributed by atoms with Crippen molar-refractivity contribution in [3.63, 3.8) is 0 Å². The summed E-state index contributed by atoms with van der Waals surface area (Å²) >= 11 is 7.52. The minimum absolute atomic E-state index is 0.0815. The number of rotatable bonds is 5. The molecule has 32 heavy (non-hydrogen) atoms. The first-order valence-corrected chi connectivity index (χ1v) is 11.3. The first-order chi connectivity index (χ1) is 15.3. The predicted octanol–water partition coefficient (Wildman–Crippen LogP) is 4.43. The van der Waals surface area contributed by atoms with Crippen LogP contribution in [0.1, 0.15) is 17.0 Å². The number of halogens is 1. The molecule has 0 bridgehead atoms. The Hall–Kier alpha value is -3.10. The second-order valence-corrected chi connectivity index (χ2v) is 8.79. The molecule has 0 spiro atoms. The third-order valence-electron chi connectivity index (χ3n) is 5.33. The molecule has 0 unspecified atom stereocenters. The first-order valence-electron chi connectivity index (χ1n) is 9.98. The number of anilines is 1. The average molecular weight is 468 g/mol. The number of carbonyl (C=O) groups excluding carboxylic acids is 1. The molecule has 0 atom stereocenters. The molecule has 1 amide bonds. The van der Waals surface area contributed by atoms with Crippen LogP contribution in [0.3, 0.4) is 0 Å². The van der Waals surface area contributed by atoms with Crippen LogP contribution in [-0.4, -0.2) is 31.0 Å². The van der Waals surface area contributed by atoms with Crippen molar-refractivity contribution in [2.75, 3.05) is 11.1 Å². The number of amides is 1. The van der Waals surface area contributed by atoms with Gasteiger partial charge >= 0.3 is 0 Å². The number of carbonyl (C=O) groups is 1. The molecule has 2 aromatic heterocycles. The lowest BCUT2D eigenvalue weighted by Gasteiger charge is -2.15.